The standard InChI is InChI=1S/C22H20F3N5O2.C2HF3O2/c23-22(24,25)14-3-6-20(29-12-14)32-16-4-5-19-17(9-16)13(11-28-19)8-18(27)21(31)30-7-1-2-15(30)10-26;3-2(4,5)1(6)7/h3-6,9,11-12,15,18,28H,1-2,7-8,27H2;(H,6,7)/t15-,18-;/m0./s1. The number of aliphatic carboxylic acids is 1. The molecule has 1 saturated heterocycles. The van der Waals surface area contributed by atoms with Crippen molar-refractivity contribution in [2.24, 2.45) is 5.73 Å². The topological polar surface area (TPSA) is 145 Å². The van der Waals surface area contributed by atoms with Crippen LogP contribution in [0, 0.1) is 11.3 Å². The Hall–Kier alpha value is -4.32. The van der Waals surface area contributed by atoms with E-state index in [4.69, 9.17) is 20.4 Å². The third-order valence-electron chi connectivity index (χ3n) is 5.71. The lowest BCUT2D eigenvalue weighted by atomic mass is 10.0. The van der Waals surface area contributed by atoms with Crippen molar-refractivity contribution in [3.05, 3.63) is 53.9 Å². The lowest BCUT2D eigenvalue weighted by molar-refractivity contribution is -0.192. The number of amides is 1. The highest BCUT2D eigenvalue weighted by molar-refractivity contribution is 5.87. The van der Waals surface area contributed by atoms with Crippen molar-refractivity contribution in [1.29, 1.82) is 5.26 Å². The van der Waals surface area contributed by atoms with Gasteiger partial charge in [-0.1, -0.05) is 0 Å². The van der Waals surface area contributed by atoms with Gasteiger partial charge in [0.05, 0.1) is 17.7 Å². The monoisotopic (exact) mass is 557 g/mol. The van der Waals surface area contributed by atoms with Crippen molar-refractivity contribution in [1.82, 2.24) is 14.9 Å². The molecule has 0 bridgehead atoms. The molecule has 4 N–H and O–H groups in total. The summed E-state index contributed by atoms with van der Waals surface area (Å²) in [5, 5.41) is 17.1. The van der Waals surface area contributed by atoms with Gasteiger partial charge < -0.3 is 25.5 Å². The maximum absolute atomic E-state index is 12.7. The molecule has 208 valence electrons. The van der Waals surface area contributed by atoms with Crippen LogP contribution in [-0.4, -0.2) is 56.7 Å². The van der Waals surface area contributed by atoms with Gasteiger partial charge in [-0.15, -0.1) is 0 Å². The number of likely N-dealkylation sites (tertiary alicyclic amines) is 1. The van der Waals surface area contributed by atoms with E-state index in [9.17, 15) is 36.4 Å². The van der Waals surface area contributed by atoms with E-state index >= 15 is 0 Å². The third-order valence-corrected chi connectivity index (χ3v) is 5.71. The van der Waals surface area contributed by atoms with Crippen LogP contribution in [0.2, 0.25) is 0 Å². The Morgan fingerprint density at radius 3 is 2.49 bits per heavy atom. The molecule has 2 atom stereocenters. The lowest BCUT2D eigenvalue weighted by Gasteiger charge is -2.23. The minimum Gasteiger partial charge on any atom is -0.475 e. The first kappa shape index (κ1) is 29.2. The minimum absolute atomic E-state index is 0.0258. The number of H-pyrrole nitrogens is 1. The molecule has 4 rings (SSSR count). The number of aromatic amines is 1. The second-order valence-corrected chi connectivity index (χ2v) is 8.44. The molecule has 1 amide bonds. The molecule has 1 aliphatic rings. The van der Waals surface area contributed by atoms with Gasteiger partial charge in [-0.05, 0) is 49.1 Å². The molecule has 1 fully saturated rings. The molecular weight excluding hydrogens is 536 g/mol. The predicted molar refractivity (Wildman–Crippen MR) is 123 cm³/mol. The summed E-state index contributed by atoms with van der Waals surface area (Å²) in [5.74, 6) is -2.61. The molecule has 0 spiro atoms. The number of ether oxygens (including phenoxy) is 1. The molecule has 3 heterocycles. The Morgan fingerprint density at radius 2 is 1.92 bits per heavy atom. The summed E-state index contributed by atoms with van der Waals surface area (Å²) in [6.45, 7) is 0.525. The average molecular weight is 557 g/mol. The first-order valence-corrected chi connectivity index (χ1v) is 11.3. The fourth-order valence-corrected chi connectivity index (χ4v) is 3.82. The number of rotatable bonds is 5. The van der Waals surface area contributed by atoms with E-state index in [1.54, 1.807) is 24.4 Å². The number of halogens is 6. The average Bonchev–Trinajstić information content (AvgIpc) is 3.50. The van der Waals surface area contributed by atoms with Gasteiger partial charge in [0.15, 0.2) is 0 Å². The normalized spacial score (nSPS) is 16.3. The van der Waals surface area contributed by atoms with Gasteiger partial charge >= 0.3 is 18.3 Å². The zero-order valence-corrected chi connectivity index (χ0v) is 19.9. The number of aromatic nitrogens is 2. The Labute approximate surface area is 216 Å². The van der Waals surface area contributed by atoms with Gasteiger partial charge in [-0.25, -0.2) is 9.78 Å². The highest BCUT2D eigenvalue weighted by Gasteiger charge is 2.38. The minimum atomic E-state index is -5.08. The fraction of sp³-hybridized carbons (Fsp3) is 0.333. The summed E-state index contributed by atoms with van der Waals surface area (Å²) >= 11 is 0. The van der Waals surface area contributed by atoms with Gasteiger partial charge in [0.2, 0.25) is 11.8 Å². The van der Waals surface area contributed by atoms with Crippen LogP contribution >= 0.6 is 0 Å². The summed E-state index contributed by atoms with van der Waals surface area (Å²) in [6, 6.07) is 8.09. The van der Waals surface area contributed by atoms with Crippen LogP contribution in [0.5, 0.6) is 11.6 Å². The Bertz CT molecular complexity index is 1360. The van der Waals surface area contributed by atoms with Crippen molar-refractivity contribution in [3.63, 3.8) is 0 Å². The predicted octanol–water partition coefficient (Wildman–Crippen LogP) is 4.39. The summed E-state index contributed by atoms with van der Waals surface area (Å²) < 4.78 is 75.4. The first-order valence-electron chi connectivity index (χ1n) is 11.3. The van der Waals surface area contributed by atoms with E-state index in [0.29, 0.717) is 24.9 Å². The number of nitrogens with zero attached hydrogens (tertiary/aromatic N) is 3. The quantitative estimate of drug-likeness (QED) is 0.395. The highest BCUT2D eigenvalue weighted by atomic mass is 19.4. The summed E-state index contributed by atoms with van der Waals surface area (Å²) in [4.78, 5) is 30.0. The van der Waals surface area contributed by atoms with Gasteiger partial charge in [-0.3, -0.25) is 4.79 Å². The Kier molecular flexibility index (Phi) is 8.70. The number of fused-ring (bicyclic) bond motifs is 1. The van der Waals surface area contributed by atoms with Crippen molar-refractivity contribution in [2.45, 2.75) is 43.7 Å². The van der Waals surface area contributed by atoms with Crippen molar-refractivity contribution in [3.8, 4) is 17.7 Å². The van der Waals surface area contributed by atoms with E-state index in [2.05, 4.69) is 16.0 Å². The van der Waals surface area contributed by atoms with E-state index < -0.39 is 36.0 Å². The number of nitrogens with two attached hydrogens (primary N) is 1. The molecule has 1 aromatic carbocycles. The van der Waals surface area contributed by atoms with E-state index in [-0.39, 0.29) is 18.2 Å². The summed E-state index contributed by atoms with van der Waals surface area (Å²) in [6.07, 6.45) is -5.39. The first-order chi connectivity index (χ1) is 18.2. The van der Waals surface area contributed by atoms with Crippen LogP contribution in [-0.2, 0) is 22.2 Å². The van der Waals surface area contributed by atoms with Crippen LogP contribution in [0.3, 0.4) is 0 Å². The zero-order chi connectivity index (χ0) is 29.0. The van der Waals surface area contributed by atoms with Gasteiger partial charge in [-0.2, -0.15) is 31.6 Å². The molecule has 9 nitrogen and oxygen atoms in total. The molecule has 0 radical (unpaired) electrons. The number of carboxylic acid groups (broad SMARTS) is 1. The molecular formula is C24H21F6N5O4. The number of pyridine rings is 1. The van der Waals surface area contributed by atoms with Crippen LogP contribution in [0.15, 0.2) is 42.7 Å². The summed E-state index contributed by atoms with van der Waals surface area (Å²) in [5.41, 5.74) is 6.89. The largest absolute Gasteiger partial charge is 0.490 e. The van der Waals surface area contributed by atoms with E-state index in [1.807, 2.05) is 0 Å². The molecule has 15 heteroatoms. The smallest absolute Gasteiger partial charge is 0.475 e. The maximum Gasteiger partial charge on any atom is 0.490 e. The van der Waals surface area contributed by atoms with Crippen molar-refractivity contribution >= 4 is 22.8 Å². The lowest BCUT2D eigenvalue weighted by Crippen LogP contribution is -2.46. The number of nitriles is 1. The number of hydrogen-bond donors (Lipinski definition) is 3. The zero-order valence-electron chi connectivity index (χ0n) is 19.9. The number of benzene rings is 1. The second-order valence-electron chi connectivity index (χ2n) is 8.44. The second kappa shape index (κ2) is 11.6. The van der Waals surface area contributed by atoms with Crippen LogP contribution in [0.25, 0.3) is 10.9 Å². The molecule has 1 aliphatic heterocycles. The van der Waals surface area contributed by atoms with Gasteiger partial charge in [0, 0.05) is 35.9 Å². The molecule has 3 aromatic rings. The molecule has 0 aliphatic carbocycles. The van der Waals surface area contributed by atoms with Crippen LogP contribution in [0.1, 0.15) is 24.0 Å². The van der Waals surface area contributed by atoms with Crippen LogP contribution < -0.4 is 10.5 Å². The number of carbonyl (C=O) groups excluding carboxylic acids is 1. The molecule has 39 heavy (non-hydrogen) atoms. The number of hydrogen-bond acceptors (Lipinski definition) is 6. The molecule has 2 aromatic heterocycles. The SMILES string of the molecule is N#C[C@@H]1CCCN1C(=O)[C@@H](N)Cc1c[nH]c2ccc(Oc3ccc(C(F)(F)F)cn3)cc12.O=C(O)C(F)(F)F. The number of nitrogens with one attached hydrogen (secondary N) is 1. The number of carboxylic acids is 1. The molecule has 0 saturated carbocycles. The van der Waals surface area contributed by atoms with E-state index in [1.165, 1.54) is 4.90 Å². The van der Waals surface area contributed by atoms with Gasteiger partial charge in [0.1, 0.15) is 11.8 Å². The van der Waals surface area contributed by atoms with Crippen molar-refractivity contribution < 1.29 is 45.8 Å². The number of carbonyl (C=O) groups is 2. The summed E-state index contributed by atoms with van der Waals surface area (Å²) in [7, 11) is 0. The Balaban J connectivity index is 0.000000532. The third kappa shape index (κ3) is 7.38. The fourth-order valence-electron chi connectivity index (χ4n) is 3.82. The number of alkyl halides is 6. The maximum atomic E-state index is 12.7. The Morgan fingerprint density at radius 1 is 1.23 bits per heavy atom. The van der Waals surface area contributed by atoms with Crippen LogP contribution in [0.4, 0.5) is 26.3 Å². The van der Waals surface area contributed by atoms with E-state index in [0.717, 1.165) is 35.0 Å². The highest BCUT2D eigenvalue weighted by Crippen LogP contribution is 2.31. The molecule has 0 unspecified atom stereocenters. The van der Waals surface area contributed by atoms with Crippen molar-refractivity contribution in [2.75, 3.05) is 6.54 Å². The van der Waals surface area contributed by atoms with Gasteiger partial charge in [0.25, 0.3) is 0 Å².